The van der Waals surface area contributed by atoms with Gasteiger partial charge in [0.2, 0.25) is 0 Å². The van der Waals surface area contributed by atoms with Crippen LogP contribution in [0.1, 0.15) is 45.6 Å². The van der Waals surface area contributed by atoms with Gasteiger partial charge in [-0.15, -0.1) is 0 Å². The molecular formula is C17H22Cl2N2. The average molecular weight is 325 g/mol. The Labute approximate surface area is 137 Å². The number of amidine groups is 1. The Balaban J connectivity index is 2.39. The van der Waals surface area contributed by atoms with E-state index >= 15 is 0 Å². The topological polar surface area (TPSA) is 24.4 Å². The molecule has 0 aliphatic carbocycles. The first-order valence-corrected chi connectivity index (χ1v) is 8.25. The Kier molecular flexibility index (Phi) is 5.72. The standard InChI is InChI=1S/C17H22Cl2N2/c1-4-5-12(3)20-17-16(19)11(2)6-7-13-10-14(18)8-9-15(13)21-17/h8-10,12H,4-7H2,1-3H3,(H,20,21). The minimum absolute atomic E-state index is 0.259. The lowest BCUT2D eigenvalue weighted by atomic mass is 10.0. The van der Waals surface area contributed by atoms with Gasteiger partial charge in [0.15, 0.2) is 0 Å². The zero-order chi connectivity index (χ0) is 15.4. The van der Waals surface area contributed by atoms with Crippen LogP contribution in [0.25, 0.3) is 0 Å². The molecule has 0 bridgehead atoms. The second-order valence-corrected chi connectivity index (χ2v) is 6.45. The maximum atomic E-state index is 6.51. The van der Waals surface area contributed by atoms with Gasteiger partial charge in [-0.1, -0.05) is 42.1 Å². The predicted octanol–water partition coefficient (Wildman–Crippen LogP) is 5.80. The Morgan fingerprint density at radius 2 is 2.05 bits per heavy atom. The first kappa shape index (κ1) is 16.4. The molecule has 2 nitrogen and oxygen atoms in total. The highest BCUT2D eigenvalue weighted by Crippen LogP contribution is 2.28. The van der Waals surface area contributed by atoms with Gasteiger partial charge in [0.1, 0.15) is 5.84 Å². The Morgan fingerprint density at radius 1 is 1.29 bits per heavy atom. The van der Waals surface area contributed by atoms with Crippen LogP contribution >= 0.6 is 23.2 Å². The Hall–Kier alpha value is -0.990. The molecule has 2 rings (SSSR count). The van der Waals surface area contributed by atoms with Crippen molar-refractivity contribution < 1.29 is 0 Å². The van der Waals surface area contributed by atoms with E-state index in [1.165, 1.54) is 5.56 Å². The lowest BCUT2D eigenvalue weighted by Crippen LogP contribution is -2.19. The number of halogens is 2. The van der Waals surface area contributed by atoms with Crippen molar-refractivity contribution in [3.05, 3.63) is 39.4 Å². The van der Waals surface area contributed by atoms with Crippen LogP contribution in [0.4, 0.5) is 5.69 Å². The molecule has 0 amide bonds. The molecule has 1 atom stereocenters. The van der Waals surface area contributed by atoms with Crippen molar-refractivity contribution in [2.75, 3.05) is 5.32 Å². The number of hydrogen-bond donors (Lipinski definition) is 1. The van der Waals surface area contributed by atoms with Gasteiger partial charge in [0.05, 0.1) is 5.03 Å². The molecule has 0 aromatic heterocycles. The van der Waals surface area contributed by atoms with Crippen molar-refractivity contribution in [1.29, 1.82) is 0 Å². The van der Waals surface area contributed by atoms with E-state index in [2.05, 4.69) is 26.1 Å². The molecule has 1 aliphatic heterocycles. The SMILES string of the molecule is CCCC(C)N=C1Nc2ccc(Cl)cc2CCC(C)=C1Cl. The van der Waals surface area contributed by atoms with Crippen molar-refractivity contribution in [1.82, 2.24) is 0 Å². The van der Waals surface area contributed by atoms with E-state index in [9.17, 15) is 0 Å². The quantitative estimate of drug-likeness (QED) is 0.746. The highest BCUT2D eigenvalue weighted by atomic mass is 35.5. The predicted molar refractivity (Wildman–Crippen MR) is 93.8 cm³/mol. The van der Waals surface area contributed by atoms with E-state index in [-0.39, 0.29) is 6.04 Å². The maximum absolute atomic E-state index is 6.51. The van der Waals surface area contributed by atoms with E-state index in [1.54, 1.807) is 0 Å². The third-order valence-corrected chi connectivity index (χ3v) is 4.46. The summed E-state index contributed by atoms with van der Waals surface area (Å²) in [6.45, 7) is 6.36. The second-order valence-electron chi connectivity index (χ2n) is 5.64. The van der Waals surface area contributed by atoms with Crippen molar-refractivity contribution >= 4 is 34.7 Å². The fourth-order valence-corrected chi connectivity index (χ4v) is 2.88. The molecule has 0 spiro atoms. The van der Waals surface area contributed by atoms with Gasteiger partial charge in [-0.25, -0.2) is 0 Å². The molecule has 0 saturated carbocycles. The fraction of sp³-hybridized carbons (Fsp3) is 0.471. The number of fused-ring (bicyclic) bond motifs is 1. The van der Waals surface area contributed by atoms with Gasteiger partial charge in [-0.3, -0.25) is 4.99 Å². The number of benzene rings is 1. The van der Waals surface area contributed by atoms with Crippen LogP contribution in [0.5, 0.6) is 0 Å². The average Bonchev–Trinajstić information content (AvgIpc) is 2.44. The van der Waals surface area contributed by atoms with Crippen LogP contribution in [0.2, 0.25) is 5.02 Å². The zero-order valence-corrected chi connectivity index (χ0v) is 14.4. The smallest absolute Gasteiger partial charge is 0.144 e. The van der Waals surface area contributed by atoms with Crippen LogP contribution in [0.15, 0.2) is 33.8 Å². The fourth-order valence-electron chi connectivity index (χ4n) is 2.50. The monoisotopic (exact) mass is 324 g/mol. The van der Waals surface area contributed by atoms with Crippen molar-refractivity contribution in [2.45, 2.75) is 52.5 Å². The van der Waals surface area contributed by atoms with Crippen LogP contribution in [0.3, 0.4) is 0 Å². The molecule has 1 N–H and O–H groups in total. The summed E-state index contributed by atoms with van der Waals surface area (Å²) in [4.78, 5) is 4.76. The Bertz CT molecular complexity index is 576. The van der Waals surface area contributed by atoms with Crippen molar-refractivity contribution in [2.24, 2.45) is 4.99 Å². The van der Waals surface area contributed by atoms with Gasteiger partial charge in [0.25, 0.3) is 0 Å². The molecule has 1 aliphatic rings. The summed E-state index contributed by atoms with van der Waals surface area (Å²) in [5.74, 6) is 0.776. The van der Waals surface area contributed by atoms with Gasteiger partial charge < -0.3 is 5.32 Å². The van der Waals surface area contributed by atoms with Crippen LogP contribution in [0, 0.1) is 0 Å². The summed E-state index contributed by atoms with van der Waals surface area (Å²) in [6.07, 6.45) is 4.03. The minimum atomic E-state index is 0.259. The number of aryl methyl sites for hydroxylation is 1. The largest absolute Gasteiger partial charge is 0.339 e. The molecule has 0 fully saturated rings. The lowest BCUT2D eigenvalue weighted by Gasteiger charge is -2.20. The number of rotatable bonds is 3. The van der Waals surface area contributed by atoms with Crippen LogP contribution < -0.4 is 5.32 Å². The maximum Gasteiger partial charge on any atom is 0.144 e. The van der Waals surface area contributed by atoms with Gasteiger partial charge in [0, 0.05) is 16.8 Å². The third-order valence-electron chi connectivity index (χ3n) is 3.73. The van der Waals surface area contributed by atoms with Gasteiger partial charge in [-0.2, -0.15) is 0 Å². The van der Waals surface area contributed by atoms with Gasteiger partial charge >= 0.3 is 0 Å². The second kappa shape index (κ2) is 7.33. The molecule has 0 radical (unpaired) electrons. The summed E-state index contributed by atoms with van der Waals surface area (Å²) in [5, 5.41) is 4.91. The molecule has 4 heteroatoms. The van der Waals surface area contributed by atoms with Crippen LogP contribution in [-0.2, 0) is 6.42 Å². The molecular weight excluding hydrogens is 303 g/mol. The third kappa shape index (κ3) is 4.24. The van der Waals surface area contributed by atoms with Crippen LogP contribution in [-0.4, -0.2) is 11.9 Å². The summed E-state index contributed by atoms with van der Waals surface area (Å²) in [6, 6.07) is 6.17. The summed E-state index contributed by atoms with van der Waals surface area (Å²) < 4.78 is 0. The van der Waals surface area contributed by atoms with E-state index in [0.29, 0.717) is 0 Å². The zero-order valence-electron chi connectivity index (χ0n) is 12.8. The summed E-state index contributed by atoms with van der Waals surface area (Å²) in [5.41, 5.74) is 3.42. The number of anilines is 1. The lowest BCUT2D eigenvalue weighted by molar-refractivity contribution is 0.655. The number of aliphatic imine (C=N–C) groups is 1. The van der Waals surface area contributed by atoms with Gasteiger partial charge in [-0.05, 0) is 56.9 Å². The molecule has 1 unspecified atom stereocenters. The van der Waals surface area contributed by atoms with E-state index in [4.69, 9.17) is 28.2 Å². The molecule has 0 saturated heterocycles. The van der Waals surface area contributed by atoms with E-state index in [0.717, 1.165) is 52.8 Å². The molecule has 21 heavy (non-hydrogen) atoms. The first-order valence-electron chi connectivity index (χ1n) is 7.50. The molecule has 114 valence electrons. The highest BCUT2D eigenvalue weighted by molar-refractivity contribution is 6.45. The number of hydrogen-bond acceptors (Lipinski definition) is 1. The summed E-state index contributed by atoms with van der Waals surface area (Å²) in [7, 11) is 0. The van der Waals surface area contributed by atoms with Crippen molar-refractivity contribution in [3.8, 4) is 0 Å². The summed E-state index contributed by atoms with van der Waals surface area (Å²) >= 11 is 12.6. The molecule has 1 aromatic carbocycles. The minimum Gasteiger partial charge on any atom is -0.339 e. The first-order chi connectivity index (χ1) is 10.0. The number of nitrogens with zero attached hydrogens (tertiary/aromatic N) is 1. The van der Waals surface area contributed by atoms with E-state index < -0.39 is 0 Å². The highest BCUT2D eigenvalue weighted by Gasteiger charge is 2.16. The number of allylic oxidation sites excluding steroid dienone is 1. The Morgan fingerprint density at radius 3 is 2.76 bits per heavy atom. The molecule has 1 aromatic rings. The normalized spacial score (nSPS) is 18.8. The number of nitrogens with one attached hydrogen (secondary N) is 1. The van der Waals surface area contributed by atoms with Crippen molar-refractivity contribution in [3.63, 3.8) is 0 Å². The van der Waals surface area contributed by atoms with E-state index in [1.807, 2.05) is 18.2 Å². The molecule has 1 heterocycles.